The highest BCUT2D eigenvalue weighted by atomic mass is 19.1. The summed E-state index contributed by atoms with van der Waals surface area (Å²) in [6.45, 7) is 1.99. The Morgan fingerprint density at radius 1 is 1.09 bits per heavy atom. The zero-order chi connectivity index (χ0) is 23.3. The molecule has 1 aromatic carbocycles. The van der Waals surface area contributed by atoms with Crippen molar-refractivity contribution in [3.05, 3.63) is 113 Å². The van der Waals surface area contributed by atoms with Crippen LogP contribution in [0.15, 0.2) is 83.9 Å². The molecule has 2 N–H and O–H groups in total. The Kier molecular flexibility index (Phi) is 6.55. The number of pyridine rings is 2. The largest absolute Gasteiger partial charge is 0.378 e. The van der Waals surface area contributed by atoms with Crippen LogP contribution in [0.4, 0.5) is 4.39 Å². The van der Waals surface area contributed by atoms with Crippen LogP contribution in [0.2, 0.25) is 0 Å². The van der Waals surface area contributed by atoms with E-state index in [9.17, 15) is 14.3 Å². The van der Waals surface area contributed by atoms with Crippen molar-refractivity contribution in [2.45, 2.75) is 31.4 Å². The van der Waals surface area contributed by atoms with E-state index in [1.807, 2.05) is 6.92 Å². The molecule has 0 aliphatic carbocycles. The van der Waals surface area contributed by atoms with E-state index in [-0.39, 0.29) is 5.69 Å². The number of hydrogen-bond acceptors (Lipinski definition) is 6. The molecular weight excluding hydrogens is 423 g/mol. The number of aromatic nitrogens is 3. The van der Waals surface area contributed by atoms with Crippen LogP contribution in [-0.4, -0.2) is 26.1 Å². The summed E-state index contributed by atoms with van der Waals surface area (Å²) >= 11 is 0. The third kappa shape index (κ3) is 4.65. The molecule has 4 aromatic rings. The van der Waals surface area contributed by atoms with E-state index in [0.717, 1.165) is 6.42 Å². The second-order valence-corrected chi connectivity index (χ2v) is 7.64. The van der Waals surface area contributed by atoms with Crippen LogP contribution in [0, 0.1) is 5.82 Å². The molecular formula is C25H23FN4O3. The van der Waals surface area contributed by atoms with E-state index in [4.69, 9.17) is 4.52 Å². The smallest absolute Gasteiger partial charge is 0.274 e. The van der Waals surface area contributed by atoms with Gasteiger partial charge in [-0.3, -0.25) is 14.8 Å². The van der Waals surface area contributed by atoms with E-state index in [1.54, 1.807) is 42.7 Å². The minimum absolute atomic E-state index is 0.0882. The quantitative estimate of drug-likeness (QED) is 0.425. The number of aliphatic hydroxyl groups is 1. The third-order valence-electron chi connectivity index (χ3n) is 5.39. The molecule has 4 rings (SSSR count). The molecule has 0 aliphatic rings. The summed E-state index contributed by atoms with van der Waals surface area (Å²) in [5, 5.41) is 18.9. The lowest BCUT2D eigenvalue weighted by Crippen LogP contribution is -2.45. The molecule has 0 fully saturated rings. The van der Waals surface area contributed by atoms with Crippen molar-refractivity contribution in [2.75, 3.05) is 0 Å². The van der Waals surface area contributed by atoms with Crippen LogP contribution >= 0.6 is 0 Å². The van der Waals surface area contributed by atoms with Crippen LogP contribution in [0.25, 0.3) is 0 Å². The summed E-state index contributed by atoms with van der Waals surface area (Å²) in [6, 6.07) is 12.9. The summed E-state index contributed by atoms with van der Waals surface area (Å²) in [6.07, 6.45) is 7.70. The average molecular weight is 446 g/mol. The van der Waals surface area contributed by atoms with Crippen LogP contribution in [-0.2, 0) is 12.0 Å². The first-order valence-electron chi connectivity index (χ1n) is 10.6. The molecule has 1 amide bonds. The maximum Gasteiger partial charge on any atom is 0.274 e. The molecule has 0 saturated heterocycles. The van der Waals surface area contributed by atoms with Gasteiger partial charge in [-0.25, -0.2) is 4.39 Å². The van der Waals surface area contributed by atoms with Crippen molar-refractivity contribution in [3.8, 4) is 0 Å². The molecule has 1 unspecified atom stereocenters. The first-order valence-corrected chi connectivity index (χ1v) is 10.6. The number of carbonyl (C=O) groups excluding carboxylic acids is 1. The van der Waals surface area contributed by atoms with Gasteiger partial charge < -0.3 is 14.9 Å². The number of rotatable bonds is 8. The first kappa shape index (κ1) is 22.3. The SMILES string of the molecule is CCCc1cc(C(=O)NC(c2ccc(F)cc2)C(O)(c2cccnc2)c2cccnc2)no1. The summed E-state index contributed by atoms with van der Waals surface area (Å²) in [4.78, 5) is 21.5. The molecule has 0 aliphatic heterocycles. The summed E-state index contributed by atoms with van der Waals surface area (Å²) < 4.78 is 18.9. The topological polar surface area (TPSA) is 101 Å². The van der Waals surface area contributed by atoms with Crippen molar-refractivity contribution in [2.24, 2.45) is 0 Å². The maximum absolute atomic E-state index is 13.7. The van der Waals surface area contributed by atoms with Crippen LogP contribution < -0.4 is 5.32 Å². The minimum Gasteiger partial charge on any atom is -0.378 e. The van der Waals surface area contributed by atoms with Crippen LogP contribution in [0.1, 0.15) is 52.3 Å². The Morgan fingerprint density at radius 2 is 1.73 bits per heavy atom. The first-order chi connectivity index (χ1) is 16.0. The van der Waals surface area contributed by atoms with Gasteiger partial charge in [0.1, 0.15) is 17.2 Å². The number of carbonyl (C=O) groups is 1. The van der Waals surface area contributed by atoms with E-state index in [1.165, 1.54) is 36.7 Å². The molecule has 7 nitrogen and oxygen atoms in total. The molecule has 3 aromatic heterocycles. The summed E-state index contributed by atoms with van der Waals surface area (Å²) in [7, 11) is 0. The maximum atomic E-state index is 13.7. The van der Waals surface area contributed by atoms with Crippen molar-refractivity contribution >= 4 is 5.91 Å². The lowest BCUT2D eigenvalue weighted by atomic mass is 9.78. The molecule has 1 atom stereocenters. The van der Waals surface area contributed by atoms with E-state index >= 15 is 0 Å². The standard InChI is InChI=1S/C25H23FN4O3/c1-2-5-21-14-22(30-33-21)24(31)29-23(17-8-10-20(26)11-9-17)25(32,18-6-3-12-27-15-18)19-7-4-13-28-16-19/h3-4,6-16,23,32H,2,5H2,1H3,(H,29,31). The van der Waals surface area contributed by atoms with Crippen molar-refractivity contribution in [1.29, 1.82) is 0 Å². The Morgan fingerprint density at radius 3 is 2.27 bits per heavy atom. The molecule has 8 heteroatoms. The zero-order valence-electron chi connectivity index (χ0n) is 18.0. The van der Waals surface area contributed by atoms with Gasteiger partial charge >= 0.3 is 0 Å². The van der Waals surface area contributed by atoms with Gasteiger partial charge in [0.05, 0.1) is 6.04 Å². The minimum atomic E-state index is -1.77. The van der Waals surface area contributed by atoms with E-state index in [2.05, 4.69) is 20.4 Å². The highest BCUT2D eigenvalue weighted by Crippen LogP contribution is 2.40. The number of aryl methyl sites for hydroxylation is 1. The lowest BCUT2D eigenvalue weighted by molar-refractivity contribution is 0.0329. The Bertz CT molecular complexity index is 1160. The highest BCUT2D eigenvalue weighted by Gasteiger charge is 2.43. The Hall–Kier alpha value is -3.91. The van der Waals surface area contributed by atoms with Gasteiger partial charge in [-0.15, -0.1) is 0 Å². The summed E-state index contributed by atoms with van der Waals surface area (Å²) in [5.41, 5.74) is -0.340. The average Bonchev–Trinajstić information content (AvgIpc) is 3.33. The van der Waals surface area contributed by atoms with E-state index < -0.39 is 23.4 Å². The predicted octanol–water partition coefficient (Wildman–Crippen LogP) is 3.96. The fourth-order valence-corrected chi connectivity index (χ4v) is 3.75. The lowest BCUT2D eigenvalue weighted by Gasteiger charge is -2.37. The Labute approximate surface area is 190 Å². The van der Waals surface area contributed by atoms with Gasteiger partial charge in [0.2, 0.25) is 0 Å². The number of benzene rings is 1. The monoisotopic (exact) mass is 446 g/mol. The van der Waals surface area contributed by atoms with Gasteiger partial charge in [0.25, 0.3) is 5.91 Å². The van der Waals surface area contributed by atoms with Gasteiger partial charge in [-0.1, -0.05) is 36.3 Å². The van der Waals surface area contributed by atoms with Crippen LogP contribution in [0.3, 0.4) is 0 Å². The van der Waals surface area contributed by atoms with Gasteiger partial charge in [-0.05, 0) is 36.2 Å². The van der Waals surface area contributed by atoms with E-state index in [0.29, 0.717) is 28.9 Å². The second-order valence-electron chi connectivity index (χ2n) is 7.64. The fraction of sp³-hybridized carbons (Fsp3) is 0.200. The molecule has 0 spiro atoms. The Balaban J connectivity index is 1.82. The fourth-order valence-electron chi connectivity index (χ4n) is 3.75. The number of amides is 1. The normalized spacial score (nSPS) is 12.3. The van der Waals surface area contributed by atoms with Crippen molar-refractivity contribution in [3.63, 3.8) is 0 Å². The number of nitrogens with zero attached hydrogens (tertiary/aromatic N) is 3. The zero-order valence-corrected chi connectivity index (χ0v) is 18.0. The number of halogens is 1. The van der Waals surface area contributed by atoms with Crippen molar-refractivity contribution in [1.82, 2.24) is 20.4 Å². The summed E-state index contributed by atoms with van der Waals surface area (Å²) in [5.74, 6) is -0.381. The predicted molar refractivity (Wildman–Crippen MR) is 119 cm³/mol. The molecule has 0 saturated carbocycles. The van der Waals surface area contributed by atoms with Crippen molar-refractivity contribution < 1.29 is 18.8 Å². The van der Waals surface area contributed by atoms with Gasteiger partial charge in [0, 0.05) is 48.4 Å². The molecule has 168 valence electrons. The van der Waals surface area contributed by atoms with Crippen LogP contribution in [0.5, 0.6) is 0 Å². The molecule has 0 radical (unpaired) electrons. The van der Waals surface area contributed by atoms with Gasteiger partial charge in [-0.2, -0.15) is 0 Å². The molecule has 33 heavy (non-hydrogen) atoms. The highest BCUT2D eigenvalue weighted by molar-refractivity contribution is 5.92. The number of hydrogen-bond donors (Lipinski definition) is 2. The molecule has 3 heterocycles. The number of nitrogens with one attached hydrogen (secondary N) is 1. The second kappa shape index (κ2) is 9.70. The molecule has 0 bridgehead atoms. The third-order valence-corrected chi connectivity index (χ3v) is 5.39. The van der Waals surface area contributed by atoms with Gasteiger partial charge in [0.15, 0.2) is 5.69 Å².